The summed E-state index contributed by atoms with van der Waals surface area (Å²) in [5.41, 5.74) is 18.6. The minimum Gasteiger partial charge on any atom is -0.310 e. The second kappa shape index (κ2) is 24.1. The van der Waals surface area contributed by atoms with Gasteiger partial charge in [0.25, 0.3) is 6.71 Å². The zero-order chi connectivity index (χ0) is 84.2. The van der Waals surface area contributed by atoms with E-state index in [1.54, 1.807) is 9.13 Å². The van der Waals surface area contributed by atoms with Gasteiger partial charge in [0.05, 0.1) is 66.4 Å². The first kappa shape index (κ1) is 47.0. The molecule has 0 amide bonds. The SMILES string of the molecule is [2H]c1c([2H])c([2H])c2c(c1[2H])c1c([2H])c([2H])c([2H])c([2H])c1n2-c1ccc2c(c1)N(c1c(-c3ccccc3)cccc1-c1ccccc1)c1cc(-c3cccc4c3c3ccccc3n4-c3ccccc3)cc3c1B2c1ccc(-n2c4c([2H])c([2H])c([2H])c([2H])c4c4c([2H])c([2H])c([2H])c([2H])c42)cc1N3c1c(-c2ccccc2)cc(C(C)(C)C)cc1-c1ccccc1. The molecule has 5 nitrogen and oxygen atoms in total. The lowest BCUT2D eigenvalue weighted by atomic mass is 9.33. The zero-order valence-corrected chi connectivity index (χ0v) is 57.8. The number of rotatable bonds is 10. The van der Waals surface area contributed by atoms with Crippen LogP contribution in [-0.2, 0) is 5.41 Å². The summed E-state index contributed by atoms with van der Waals surface area (Å²) in [5.74, 6) is 0. The van der Waals surface area contributed by atoms with Crippen LogP contribution in [-0.4, -0.2) is 20.4 Å². The van der Waals surface area contributed by atoms with E-state index in [-0.39, 0.29) is 43.6 Å². The van der Waals surface area contributed by atoms with Gasteiger partial charge in [0, 0.05) is 94.4 Å². The fourth-order valence-electron chi connectivity index (χ4n) is 16.8. The van der Waals surface area contributed by atoms with Crippen molar-refractivity contribution < 1.29 is 21.9 Å². The summed E-state index contributed by atoms with van der Waals surface area (Å²) in [4.78, 5) is 4.67. The first-order chi connectivity index (χ1) is 58.9. The highest BCUT2D eigenvalue weighted by Crippen LogP contribution is 2.56. The molecule has 6 heteroatoms. The number of fused-ring (bicyclic) bond motifs is 13. The van der Waals surface area contributed by atoms with Gasteiger partial charge in [-0.2, -0.15) is 0 Å². The summed E-state index contributed by atoms with van der Waals surface area (Å²) >= 11 is 0. The molecule has 0 unspecified atom stereocenters. The van der Waals surface area contributed by atoms with Crippen molar-refractivity contribution in [1.82, 2.24) is 13.7 Å². The fourth-order valence-corrected chi connectivity index (χ4v) is 16.8. The van der Waals surface area contributed by atoms with Gasteiger partial charge in [0.2, 0.25) is 0 Å². The van der Waals surface area contributed by atoms with Gasteiger partial charge in [-0.3, -0.25) is 0 Å². The Balaban J connectivity index is 1.00. The number of nitrogens with zero attached hydrogens (tertiary/aromatic N) is 5. The summed E-state index contributed by atoms with van der Waals surface area (Å²) in [6, 6.07) is 85.0. The van der Waals surface area contributed by atoms with E-state index in [1.807, 2.05) is 127 Å². The van der Waals surface area contributed by atoms with Crippen LogP contribution in [0.4, 0.5) is 34.1 Å². The molecular weight excluding hydrogens is 1280 g/mol. The van der Waals surface area contributed by atoms with Gasteiger partial charge in [-0.25, -0.2) is 0 Å². The molecule has 0 bridgehead atoms. The number of para-hydroxylation sites is 7. The van der Waals surface area contributed by atoms with Crippen molar-refractivity contribution in [2.75, 3.05) is 9.80 Å². The first-order valence-corrected chi connectivity index (χ1v) is 35.6. The molecule has 106 heavy (non-hydrogen) atoms. The largest absolute Gasteiger partial charge is 0.310 e. The van der Waals surface area contributed by atoms with E-state index in [0.29, 0.717) is 34.1 Å². The van der Waals surface area contributed by atoms with Gasteiger partial charge < -0.3 is 23.5 Å². The van der Waals surface area contributed by atoms with Crippen molar-refractivity contribution in [1.29, 1.82) is 0 Å². The summed E-state index contributed by atoms with van der Waals surface area (Å²) in [7, 11) is 0. The van der Waals surface area contributed by atoms with Crippen molar-refractivity contribution in [3.63, 3.8) is 0 Å². The Kier molecular flexibility index (Phi) is 10.7. The van der Waals surface area contributed by atoms with Gasteiger partial charge in [-0.05, 0) is 158 Å². The van der Waals surface area contributed by atoms with Crippen LogP contribution in [0.2, 0.25) is 0 Å². The fraction of sp³-hybridized carbons (Fsp3) is 0.0400. The molecule has 0 saturated carbocycles. The van der Waals surface area contributed by atoms with Gasteiger partial charge in [-0.15, -0.1) is 0 Å². The van der Waals surface area contributed by atoms with E-state index in [0.717, 1.165) is 116 Å². The molecule has 16 aromatic carbocycles. The molecule has 2 aliphatic rings. The zero-order valence-electron chi connectivity index (χ0n) is 73.8. The van der Waals surface area contributed by atoms with E-state index >= 15 is 0 Å². The topological polar surface area (TPSA) is 21.3 Å². The molecule has 0 aliphatic carbocycles. The third kappa shape index (κ3) is 9.43. The maximum Gasteiger partial charge on any atom is 0.252 e. The monoisotopic (exact) mass is 1370 g/mol. The molecule has 19 aromatic rings. The number of benzene rings is 16. The highest BCUT2D eigenvalue weighted by Gasteiger charge is 2.46. The maximum atomic E-state index is 9.96. The van der Waals surface area contributed by atoms with Gasteiger partial charge in [0.1, 0.15) is 0 Å². The first-order valence-electron chi connectivity index (χ1n) is 43.6. The van der Waals surface area contributed by atoms with E-state index in [9.17, 15) is 16.4 Å². The number of aromatic nitrogens is 3. The Morgan fingerprint density at radius 1 is 0.274 bits per heavy atom. The molecule has 3 aromatic heterocycles. The van der Waals surface area contributed by atoms with E-state index in [1.165, 1.54) is 0 Å². The summed E-state index contributed by atoms with van der Waals surface area (Å²) < 4.78 is 158. The normalized spacial score (nSPS) is 14.7. The Labute approximate surface area is 639 Å². The summed E-state index contributed by atoms with van der Waals surface area (Å²) in [5, 5.41) is 1.60. The molecule has 498 valence electrons. The van der Waals surface area contributed by atoms with E-state index in [2.05, 4.69) is 181 Å². The Bertz CT molecular complexity index is 7490. The van der Waals surface area contributed by atoms with E-state index in [4.69, 9.17) is 5.48 Å². The molecule has 0 spiro atoms. The van der Waals surface area contributed by atoms with Crippen LogP contribution in [0.3, 0.4) is 0 Å². The molecule has 0 N–H and O–H groups in total. The lowest BCUT2D eigenvalue weighted by Crippen LogP contribution is -2.61. The minimum atomic E-state index is -0.816. The number of hydrogen-bond donors (Lipinski definition) is 0. The Morgan fingerprint density at radius 2 is 0.642 bits per heavy atom. The van der Waals surface area contributed by atoms with Crippen molar-refractivity contribution in [3.05, 3.63) is 375 Å². The van der Waals surface area contributed by atoms with Crippen LogP contribution < -0.4 is 26.2 Å². The quantitative estimate of drug-likeness (QED) is 0.127. The van der Waals surface area contributed by atoms with E-state index < -0.39 is 109 Å². The number of anilines is 6. The van der Waals surface area contributed by atoms with Crippen LogP contribution in [0.5, 0.6) is 0 Å². The second-order valence-electron chi connectivity index (χ2n) is 28.3. The third-order valence-electron chi connectivity index (χ3n) is 21.4. The highest BCUT2D eigenvalue weighted by atomic mass is 15.2. The minimum absolute atomic E-state index is 0.0604. The van der Waals surface area contributed by atoms with Crippen LogP contribution in [0.25, 0.3) is 138 Å². The van der Waals surface area contributed by atoms with Crippen molar-refractivity contribution >= 4 is 123 Å². The predicted octanol–water partition coefficient (Wildman–Crippen LogP) is 24.7. The van der Waals surface area contributed by atoms with Crippen LogP contribution in [0.1, 0.15) is 48.3 Å². The van der Waals surface area contributed by atoms with Crippen LogP contribution >= 0.6 is 0 Å². The number of hydrogen-bond acceptors (Lipinski definition) is 2. The second-order valence-corrected chi connectivity index (χ2v) is 28.3. The van der Waals surface area contributed by atoms with Crippen molar-refractivity contribution in [2.45, 2.75) is 26.2 Å². The Hall–Kier alpha value is -13.4. The maximum absolute atomic E-state index is 9.96. The molecule has 0 radical (unpaired) electrons. The molecule has 2 aliphatic heterocycles. The lowest BCUT2D eigenvalue weighted by molar-refractivity contribution is 0.591. The van der Waals surface area contributed by atoms with Gasteiger partial charge in [0.15, 0.2) is 0 Å². The molecule has 5 heterocycles. The lowest BCUT2D eigenvalue weighted by Gasteiger charge is -2.46. The molecule has 0 saturated heterocycles. The van der Waals surface area contributed by atoms with Crippen LogP contribution in [0.15, 0.2) is 370 Å². The average molecular weight is 1370 g/mol. The van der Waals surface area contributed by atoms with Crippen molar-refractivity contribution in [3.8, 4) is 72.7 Å². The highest BCUT2D eigenvalue weighted by molar-refractivity contribution is 7.00. The van der Waals surface area contributed by atoms with Gasteiger partial charge in [-0.1, -0.05) is 293 Å². The third-order valence-corrected chi connectivity index (χ3v) is 21.4. The average Bonchev–Trinajstić information content (AvgIpc) is 1.19. The van der Waals surface area contributed by atoms with Crippen LogP contribution in [0, 0.1) is 0 Å². The molecule has 0 fully saturated rings. The predicted molar refractivity (Wildman–Crippen MR) is 449 cm³/mol. The molecular formula is C100H70BN5. The van der Waals surface area contributed by atoms with Crippen molar-refractivity contribution in [2.24, 2.45) is 0 Å². The standard InChI is InChI=1S/C100H70BN5/c1-100(2,3)70-61-82(67-35-13-6-14-36-67)99(83(62-70)68-37-15-7-16-38-68)106-93-64-73(104-88-51-26-21-43-79(88)80-44-22-27-52-89(80)104)56-58-85(93)101-84-57-55-72(103-86-49-24-19-41-77(86)78-42-20-25-50-87(78)103)63-92(84)105(98-75(65-31-9-4-10-32-65)47-29-48-76(98)66-33-11-5-12-34-66)94-59-69(60-95(106)97(94)101)74-46-30-54-91-96(74)81-45-23-28-53-90(81)102(91)71-39-17-8-18-40-71/h4-64H,1-3H3/i19D,20D,21D,22D,24D,25D,26D,27D,41D,42D,43D,44D,49D,50D,51D,52D. The molecule has 21 rings (SSSR count). The molecule has 0 atom stereocenters. The Morgan fingerprint density at radius 3 is 1.09 bits per heavy atom. The summed E-state index contributed by atoms with van der Waals surface area (Å²) in [6.07, 6.45) is 0. The summed E-state index contributed by atoms with van der Waals surface area (Å²) in [6.45, 7) is 5.80. The van der Waals surface area contributed by atoms with Gasteiger partial charge >= 0.3 is 0 Å². The smallest absolute Gasteiger partial charge is 0.252 e.